The molecule has 0 aromatic carbocycles. The summed E-state index contributed by atoms with van der Waals surface area (Å²) in [6.07, 6.45) is 6.81. The molecule has 2 atom stereocenters. The second-order valence-electron chi connectivity index (χ2n) is 10.8. The third kappa shape index (κ3) is 10.4. The van der Waals surface area contributed by atoms with Gasteiger partial charge in [-0.2, -0.15) is 0 Å². The Balaban J connectivity index is 6.33. The maximum Gasteiger partial charge on any atom is 0.504 e. The molecule has 0 spiro atoms. The summed E-state index contributed by atoms with van der Waals surface area (Å²) in [4.78, 5) is 0. The third-order valence-electron chi connectivity index (χ3n) is 6.43. The zero-order valence-corrected chi connectivity index (χ0v) is 26.1. The first-order valence-corrected chi connectivity index (χ1v) is 16.5. The first-order valence-electron chi connectivity index (χ1n) is 12.9. The molecular formula is C25H56O6Si2. The van der Waals surface area contributed by atoms with Gasteiger partial charge in [0, 0.05) is 50.7 Å². The maximum atomic E-state index is 6.68. The van der Waals surface area contributed by atoms with Crippen LogP contribution in [-0.4, -0.2) is 57.3 Å². The Hall–Kier alpha value is 0.194. The van der Waals surface area contributed by atoms with E-state index in [0.29, 0.717) is 0 Å². The molecule has 0 aliphatic rings. The van der Waals surface area contributed by atoms with Crippen LogP contribution in [0, 0.1) is 5.41 Å². The lowest BCUT2D eigenvalue weighted by atomic mass is 9.83. The number of hydrogen-bond acceptors (Lipinski definition) is 6. The van der Waals surface area contributed by atoms with Crippen molar-refractivity contribution in [1.29, 1.82) is 0 Å². The van der Waals surface area contributed by atoms with Gasteiger partial charge < -0.3 is 26.6 Å². The molecule has 0 bridgehead atoms. The van der Waals surface area contributed by atoms with E-state index in [2.05, 4.69) is 69.2 Å². The highest BCUT2D eigenvalue weighted by Crippen LogP contribution is 2.50. The fourth-order valence-electron chi connectivity index (χ4n) is 4.65. The van der Waals surface area contributed by atoms with Crippen molar-refractivity contribution in [3.05, 3.63) is 0 Å². The van der Waals surface area contributed by atoms with Gasteiger partial charge in [-0.3, -0.25) is 0 Å². The van der Waals surface area contributed by atoms with E-state index in [-0.39, 0.29) is 34.8 Å². The van der Waals surface area contributed by atoms with Crippen molar-refractivity contribution < 1.29 is 26.6 Å². The van der Waals surface area contributed by atoms with Crippen LogP contribution < -0.4 is 0 Å². The van der Waals surface area contributed by atoms with E-state index in [1.807, 2.05) is 0 Å². The second kappa shape index (κ2) is 15.3. The van der Waals surface area contributed by atoms with Crippen molar-refractivity contribution in [2.75, 3.05) is 21.3 Å². The van der Waals surface area contributed by atoms with E-state index in [9.17, 15) is 0 Å². The van der Waals surface area contributed by atoms with E-state index in [0.717, 1.165) is 19.3 Å². The molecule has 2 unspecified atom stereocenters. The van der Waals surface area contributed by atoms with Gasteiger partial charge in [0.05, 0.1) is 0 Å². The Morgan fingerprint density at radius 1 is 0.636 bits per heavy atom. The van der Waals surface area contributed by atoms with Crippen LogP contribution in [0.25, 0.3) is 0 Å². The first-order chi connectivity index (χ1) is 15.3. The van der Waals surface area contributed by atoms with Gasteiger partial charge in [0.1, 0.15) is 0 Å². The quantitative estimate of drug-likeness (QED) is 0.135. The third-order valence-corrected chi connectivity index (χ3v) is 13.9. The molecule has 6 nitrogen and oxygen atoms in total. The van der Waals surface area contributed by atoms with E-state index in [4.69, 9.17) is 26.6 Å². The van der Waals surface area contributed by atoms with Crippen LogP contribution in [0.4, 0.5) is 0 Å². The van der Waals surface area contributed by atoms with Crippen LogP contribution in [0.5, 0.6) is 0 Å². The summed E-state index contributed by atoms with van der Waals surface area (Å²) in [5.74, 6) is 0. The predicted molar refractivity (Wildman–Crippen MR) is 142 cm³/mol. The average Bonchev–Trinajstić information content (AvgIpc) is 2.70. The van der Waals surface area contributed by atoms with Gasteiger partial charge >= 0.3 is 17.6 Å². The van der Waals surface area contributed by atoms with Crippen molar-refractivity contribution in [3.8, 4) is 0 Å². The normalized spacial score (nSPS) is 15.6. The lowest BCUT2D eigenvalue weighted by Gasteiger charge is -2.45. The van der Waals surface area contributed by atoms with Gasteiger partial charge in [-0.25, -0.2) is 0 Å². The standard InChI is InChI=1S/C25H56O6Si2/c1-14-15-16-17-18-24(19-25(9,10)23(8)32(26-11,27-12)28-13)33(29-20(2)3,30-21(4)5)31-22(6)7/h20-24H,14-19H2,1-13H3. The summed E-state index contributed by atoms with van der Waals surface area (Å²) in [7, 11) is -0.776. The van der Waals surface area contributed by atoms with Crippen LogP contribution in [0.1, 0.15) is 108 Å². The minimum Gasteiger partial charge on any atom is -0.377 e. The molecule has 0 amide bonds. The van der Waals surface area contributed by atoms with Gasteiger partial charge in [0.15, 0.2) is 0 Å². The molecule has 33 heavy (non-hydrogen) atoms. The highest BCUT2D eigenvalue weighted by Gasteiger charge is 2.57. The highest BCUT2D eigenvalue weighted by molar-refractivity contribution is 6.63. The average molecular weight is 509 g/mol. The fraction of sp³-hybridized carbons (Fsp3) is 1.00. The SMILES string of the molecule is CCCCCCC(CC(C)(C)C(C)[Si](OC)(OC)OC)[Si](OC(C)C)(OC(C)C)OC(C)C. The molecule has 0 aliphatic carbocycles. The molecule has 200 valence electrons. The first kappa shape index (κ1) is 33.2. The predicted octanol–water partition coefficient (Wildman–Crippen LogP) is 7.23. The van der Waals surface area contributed by atoms with Crippen LogP contribution in [-0.2, 0) is 26.6 Å². The summed E-state index contributed by atoms with van der Waals surface area (Å²) in [5.41, 5.74) is 0.131. The van der Waals surface area contributed by atoms with Crippen molar-refractivity contribution in [3.63, 3.8) is 0 Å². The Morgan fingerprint density at radius 3 is 1.39 bits per heavy atom. The minimum atomic E-state index is -3.03. The molecule has 0 fully saturated rings. The Morgan fingerprint density at radius 2 is 1.06 bits per heavy atom. The molecule has 0 aromatic heterocycles. The van der Waals surface area contributed by atoms with Crippen molar-refractivity contribution in [2.45, 2.75) is 137 Å². The van der Waals surface area contributed by atoms with E-state index >= 15 is 0 Å². The molecule has 0 saturated heterocycles. The monoisotopic (exact) mass is 508 g/mol. The lowest BCUT2D eigenvalue weighted by Crippen LogP contribution is -2.56. The summed E-state index contributed by atoms with van der Waals surface area (Å²) >= 11 is 0. The maximum absolute atomic E-state index is 6.68. The second-order valence-corrected chi connectivity index (χ2v) is 16.8. The topological polar surface area (TPSA) is 55.4 Å². The molecule has 0 radical (unpaired) electrons. The van der Waals surface area contributed by atoms with Crippen LogP contribution >= 0.6 is 0 Å². The van der Waals surface area contributed by atoms with Crippen molar-refractivity contribution in [1.82, 2.24) is 0 Å². The van der Waals surface area contributed by atoms with Gasteiger partial charge in [-0.15, -0.1) is 0 Å². The highest BCUT2D eigenvalue weighted by atomic mass is 28.4. The Bertz CT molecular complexity index is 474. The Labute approximate surface area is 208 Å². The van der Waals surface area contributed by atoms with Gasteiger partial charge in [0.2, 0.25) is 0 Å². The molecule has 0 saturated carbocycles. The van der Waals surface area contributed by atoms with Crippen molar-refractivity contribution in [2.24, 2.45) is 5.41 Å². The number of rotatable bonds is 19. The van der Waals surface area contributed by atoms with Crippen molar-refractivity contribution >= 4 is 17.6 Å². The van der Waals surface area contributed by atoms with Gasteiger partial charge in [0.25, 0.3) is 0 Å². The van der Waals surface area contributed by atoms with E-state index in [1.165, 1.54) is 19.3 Å². The molecule has 0 N–H and O–H groups in total. The molecular weight excluding hydrogens is 452 g/mol. The smallest absolute Gasteiger partial charge is 0.377 e. The zero-order chi connectivity index (χ0) is 25.9. The summed E-state index contributed by atoms with van der Waals surface area (Å²) in [5, 5.41) is 0. The largest absolute Gasteiger partial charge is 0.504 e. The lowest BCUT2D eigenvalue weighted by molar-refractivity contribution is -0.0110. The fourth-order valence-corrected chi connectivity index (χ4v) is 11.3. The van der Waals surface area contributed by atoms with E-state index in [1.54, 1.807) is 21.3 Å². The van der Waals surface area contributed by atoms with Gasteiger partial charge in [-0.1, -0.05) is 53.4 Å². The minimum absolute atomic E-state index is 0.0261. The van der Waals surface area contributed by atoms with Crippen LogP contribution in [0.15, 0.2) is 0 Å². The molecule has 0 heterocycles. The molecule has 0 aliphatic heterocycles. The summed E-state index contributed by atoms with van der Waals surface area (Å²) in [6.45, 7) is 21.5. The summed E-state index contributed by atoms with van der Waals surface area (Å²) < 4.78 is 37.7. The van der Waals surface area contributed by atoms with E-state index < -0.39 is 17.6 Å². The molecule has 8 heteroatoms. The van der Waals surface area contributed by atoms with Gasteiger partial charge in [-0.05, 0) is 59.8 Å². The Kier molecular flexibility index (Phi) is 15.4. The molecule has 0 rings (SSSR count). The number of hydrogen-bond donors (Lipinski definition) is 0. The van der Waals surface area contributed by atoms with Crippen LogP contribution in [0.2, 0.25) is 11.1 Å². The summed E-state index contributed by atoms with van der Waals surface area (Å²) in [6, 6.07) is 0. The number of unbranched alkanes of at least 4 members (excludes halogenated alkanes) is 3. The van der Waals surface area contributed by atoms with Crippen LogP contribution in [0.3, 0.4) is 0 Å². The zero-order valence-electron chi connectivity index (χ0n) is 24.1. The molecule has 0 aromatic rings.